The smallest absolute Gasteiger partial charge is 0.200 e. The molecule has 0 aromatic heterocycles. The molecule has 5 heterocycles. The number of methoxy groups -OCH3 is 2. The zero-order valence-corrected chi connectivity index (χ0v) is 12.7. The lowest BCUT2D eigenvalue weighted by Crippen LogP contribution is -2.74. The Labute approximate surface area is 123 Å². The molecule has 7 heteroatoms. The van der Waals surface area contributed by atoms with Gasteiger partial charge in [0.1, 0.15) is 17.3 Å². The van der Waals surface area contributed by atoms with Gasteiger partial charge < -0.3 is 33.9 Å². The maximum absolute atomic E-state index is 10.8. The van der Waals surface area contributed by atoms with Gasteiger partial charge in [-0.1, -0.05) is 0 Å². The standard InChI is InChI=1S/C14H22O7/c1-7-14-11(2)10(16)13(18-4,21-14)5-8(20-11)12(14,17-3)6-9(15)19-7/h7-10,15-16H,5-6H2,1-4H3. The minimum Gasteiger partial charge on any atom is -0.384 e. The van der Waals surface area contributed by atoms with Crippen molar-refractivity contribution >= 4 is 0 Å². The summed E-state index contributed by atoms with van der Waals surface area (Å²) in [5.74, 6) is -1.11. The Morgan fingerprint density at radius 2 is 1.86 bits per heavy atom. The molecule has 5 aliphatic heterocycles. The predicted octanol–water partition coefficient (Wildman–Crippen LogP) is -0.467. The molecule has 1 spiro atoms. The minimum atomic E-state index is -1.11. The van der Waals surface area contributed by atoms with Gasteiger partial charge in [-0.2, -0.15) is 0 Å². The van der Waals surface area contributed by atoms with Gasteiger partial charge in [0.05, 0.1) is 12.2 Å². The highest BCUT2D eigenvalue weighted by Gasteiger charge is 2.90. The molecule has 5 rings (SSSR count). The van der Waals surface area contributed by atoms with Crippen molar-refractivity contribution in [2.45, 2.75) is 73.9 Å². The molecular formula is C14H22O7. The molecule has 0 saturated carbocycles. The molecule has 5 aliphatic rings. The highest BCUT2D eigenvalue weighted by Crippen LogP contribution is 2.70. The molecule has 8 unspecified atom stereocenters. The third-order valence-corrected chi connectivity index (χ3v) is 6.14. The van der Waals surface area contributed by atoms with Gasteiger partial charge in [-0.05, 0) is 13.8 Å². The van der Waals surface area contributed by atoms with Crippen LogP contribution in [0.5, 0.6) is 0 Å². The van der Waals surface area contributed by atoms with Crippen LogP contribution in [0, 0.1) is 0 Å². The molecule has 0 aliphatic carbocycles. The number of rotatable bonds is 2. The van der Waals surface area contributed by atoms with Crippen LogP contribution in [0.1, 0.15) is 26.7 Å². The average Bonchev–Trinajstić information content (AvgIpc) is 2.68. The summed E-state index contributed by atoms with van der Waals surface area (Å²) in [4.78, 5) is 0. The van der Waals surface area contributed by atoms with Crippen LogP contribution in [-0.4, -0.2) is 71.6 Å². The largest absolute Gasteiger partial charge is 0.384 e. The Bertz CT molecular complexity index is 486. The summed E-state index contributed by atoms with van der Waals surface area (Å²) < 4.78 is 29.4. The van der Waals surface area contributed by atoms with Crippen LogP contribution in [0.25, 0.3) is 0 Å². The van der Waals surface area contributed by atoms with E-state index in [1.54, 1.807) is 7.11 Å². The van der Waals surface area contributed by atoms with E-state index in [0.29, 0.717) is 6.42 Å². The summed E-state index contributed by atoms with van der Waals surface area (Å²) in [5, 5.41) is 20.8. The van der Waals surface area contributed by atoms with Crippen molar-refractivity contribution in [3.63, 3.8) is 0 Å². The minimum absolute atomic E-state index is 0.237. The van der Waals surface area contributed by atoms with E-state index in [-0.39, 0.29) is 12.5 Å². The molecular weight excluding hydrogens is 280 g/mol. The van der Waals surface area contributed by atoms with E-state index in [9.17, 15) is 10.2 Å². The second-order valence-electron chi connectivity index (χ2n) is 6.70. The molecule has 0 aromatic rings. The predicted molar refractivity (Wildman–Crippen MR) is 68.4 cm³/mol. The fourth-order valence-corrected chi connectivity index (χ4v) is 5.31. The summed E-state index contributed by atoms with van der Waals surface area (Å²) in [5.41, 5.74) is -2.90. The van der Waals surface area contributed by atoms with Crippen molar-refractivity contribution in [3.8, 4) is 0 Å². The first-order valence-corrected chi connectivity index (χ1v) is 7.32. The lowest BCUT2D eigenvalue weighted by atomic mass is 9.66. The van der Waals surface area contributed by atoms with E-state index >= 15 is 0 Å². The average molecular weight is 302 g/mol. The van der Waals surface area contributed by atoms with Crippen LogP contribution in [0.2, 0.25) is 0 Å². The summed E-state index contributed by atoms with van der Waals surface area (Å²) in [6, 6.07) is 0. The first-order chi connectivity index (χ1) is 9.82. The zero-order chi connectivity index (χ0) is 15.3. The van der Waals surface area contributed by atoms with Crippen LogP contribution < -0.4 is 0 Å². The van der Waals surface area contributed by atoms with Gasteiger partial charge in [0, 0.05) is 27.1 Å². The fraction of sp³-hybridized carbons (Fsp3) is 1.00. The normalized spacial score (nSPS) is 64.9. The molecule has 21 heavy (non-hydrogen) atoms. The molecule has 0 radical (unpaired) electrons. The summed E-state index contributed by atoms with van der Waals surface area (Å²) >= 11 is 0. The topological polar surface area (TPSA) is 86.6 Å². The van der Waals surface area contributed by atoms with E-state index in [1.807, 2.05) is 13.8 Å². The van der Waals surface area contributed by atoms with Gasteiger partial charge in [0.15, 0.2) is 11.9 Å². The second kappa shape index (κ2) is 3.79. The van der Waals surface area contributed by atoms with E-state index < -0.39 is 41.1 Å². The van der Waals surface area contributed by atoms with E-state index in [0.717, 1.165) is 0 Å². The van der Waals surface area contributed by atoms with Gasteiger partial charge in [-0.25, -0.2) is 0 Å². The molecule has 5 fully saturated rings. The first kappa shape index (κ1) is 14.3. The lowest BCUT2D eigenvalue weighted by molar-refractivity contribution is -0.388. The second-order valence-corrected chi connectivity index (χ2v) is 6.70. The highest BCUT2D eigenvalue weighted by atomic mass is 16.8. The molecule has 0 aromatic carbocycles. The van der Waals surface area contributed by atoms with Crippen molar-refractivity contribution in [1.29, 1.82) is 0 Å². The van der Waals surface area contributed by atoms with Crippen molar-refractivity contribution in [2.75, 3.05) is 14.2 Å². The monoisotopic (exact) mass is 302 g/mol. The Morgan fingerprint density at radius 3 is 2.48 bits per heavy atom. The van der Waals surface area contributed by atoms with Crippen molar-refractivity contribution < 1.29 is 33.9 Å². The maximum atomic E-state index is 10.8. The molecule has 2 N–H and O–H groups in total. The van der Waals surface area contributed by atoms with Crippen LogP contribution in [0.15, 0.2) is 0 Å². The number of hydrogen-bond acceptors (Lipinski definition) is 7. The molecule has 7 nitrogen and oxygen atoms in total. The SMILES string of the molecule is COC12CC3OC(C)(C1O)C1(O2)C(C)OC(O)CC31OC. The van der Waals surface area contributed by atoms with Crippen molar-refractivity contribution in [2.24, 2.45) is 0 Å². The molecule has 8 atom stereocenters. The summed E-state index contributed by atoms with van der Waals surface area (Å²) in [7, 11) is 3.11. The van der Waals surface area contributed by atoms with E-state index in [2.05, 4.69) is 0 Å². The Morgan fingerprint density at radius 1 is 1.14 bits per heavy atom. The fourth-order valence-electron chi connectivity index (χ4n) is 5.31. The zero-order valence-electron chi connectivity index (χ0n) is 12.7. The molecule has 0 amide bonds. The first-order valence-electron chi connectivity index (χ1n) is 7.32. The van der Waals surface area contributed by atoms with Crippen LogP contribution >= 0.6 is 0 Å². The maximum Gasteiger partial charge on any atom is 0.200 e. The van der Waals surface area contributed by atoms with Crippen molar-refractivity contribution in [1.82, 2.24) is 0 Å². The number of ether oxygens (including phenoxy) is 5. The van der Waals surface area contributed by atoms with Gasteiger partial charge in [-0.3, -0.25) is 0 Å². The van der Waals surface area contributed by atoms with Crippen LogP contribution in [0.4, 0.5) is 0 Å². The Kier molecular flexibility index (Phi) is 2.58. The van der Waals surface area contributed by atoms with Crippen molar-refractivity contribution in [3.05, 3.63) is 0 Å². The van der Waals surface area contributed by atoms with Gasteiger partial charge in [0.2, 0.25) is 5.79 Å². The Balaban J connectivity index is 1.94. The number of aliphatic hydroxyl groups is 2. The summed E-state index contributed by atoms with van der Waals surface area (Å²) in [6.45, 7) is 3.62. The number of hydrogen-bond donors (Lipinski definition) is 2. The van der Waals surface area contributed by atoms with Crippen LogP contribution in [-0.2, 0) is 23.7 Å². The molecule has 5 saturated heterocycles. The molecule has 120 valence electrons. The lowest BCUT2D eigenvalue weighted by Gasteiger charge is -2.56. The van der Waals surface area contributed by atoms with Gasteiger partial charge >= 0.3 is 0 Å². The Hall–Kier alpha value is -0.280. The van der Waals surface area contributed by atoms with E-state index in [4.69, 9.17) is 23.7 Å². The molecule has 4 bridgehead atoms. The quantitative estimate of drug-likeness (QED) is 0.713. The highest BCUT2D eigenvalue weighted by molar-refractivity contribution is 5.36. The number of aliphatic hydroxyl groups excluding tert-OH is 2. The van der Waals surface area contributed by atoms with E-state index in [1.165, 1.54) is 7.11 Å². The summed E-state index contributed by atoms with van der Waals surface area (Å²) in [6.07, 6.45) is -2.15. The van der Waals surface area contributed by atoms with Gasteiger partial charge in [-0.15, -0.1) is 0 Å². The van der Waals surface area contributed by atoms with Gasteiger partial charge in [0.25, 0.3) is 0 Å². The third-order valence-electron chi connectivity index (χ3n) is 6.14. The third kappa shape index (κ3) is 1.17. The van der Waals surface area contributed by atoms with Crippen LogP contribution in [0.3, 0.4) is 0 Å².